The molecule has 0 aromatic heterocycles. The summed E-state index contributed by atoms with van der Waals surface area (Å²) in [6.07, 6.45) is 0. The van der Waals surface area contributed by atoms with Crippen molar-refractivity contribution < 1.29 is 19.8 Å². The van der Waals surface area contributed by atoms with Gasteiger partial charge in [0.15, 0.2) is 0 Å². The van der Waals surface area contributed by atoms with E-state index in [2.05, 4.69) is 40.9 Å². The number of hydrogen-bond donors (Lipinski definition) is 0. The van der Waals surface area contributed by atoms with Gasteiger partial charge in [-0.3, -0.25) is 0 Å². The normalized spacial score (nSPS) is 8.82. The number of carboxylic acid groups (broad SMARTS) is 2. The summed E-state index contributed by atoms with van der Waals surface area (Å²) in [7, 11) is 0. The Bertz CT molecular complexity index is 228. The molecule has 0 spiro atoms. The van der Waals surface area contributed by atoms with E-state index in [0.29, 0.717) is 5.41 Å². The van der Waals surface area contributed by atoms with E-state index in [-0.39, 0.29) is 11.1 Å². The smallest absolute Gasteiger partial charge is 0.0666 e. The molecule has 0 saturated carbocycles. The Balaban J connectivity index is -0.000000174. The first-order chi connectivity index (χ1) is 7.29. The van der Waals surface area contributed by atoms with Crippen LogP contribution in [-0.2, 0) is 9.59 Å². The van der Waals surface area contributed by atoms with E-state index >= 15 is 0 Å². The van der Waals surface area contributed by atoms with E-state index in [1.54, 1.807) is 0 Å². The molecule has 0 radical (unpaired) electrons. The van der Waals surface area contributed by atoms with Crippen LogP contribution in [0.25, 0.3) is 0 Å². The Labute approximate surface area is 104 Å². The molecule has 0 aliphatic rings. The van der Waals surface area contributed by atoms with E-state index in [0.717, 1.165) is 0 Å². The first-order valence-electron chi connectivity index (χ1n) is 5.02. The third-order valence-corrected chi connectivity index (χ3v) is 0.697. The Hall–Kier alpha value is -1.58. The highest BCUT2D eigenvalue weighted by atomic mass is 16.4. The lowest BCUT2D eigenvalue weighted by molar-refractivity contribution is -0.300. The van der Waals surface area contributed by atoms with Gasteiger partial charge in [-0.05, 0) is 30.4 Å². The Morgan fingerprint density at radius 2 is 0.882 bits per heavy atom. The summed E-state index contributed by atoms with van der Waals surface area (Å²) in [5.74, 6) is -2.37. The molecule has 100 valence electrons. The number of carbonyl (C=O) groups is 2. The van der Waals surface area contributed by atoms with Crippen LogP contribution in [0.2, 0.25) is 0 Å². The van der Waals surface area contributed by atoms with Gasteiger partial charge in [0.2, 0.25) is 0 Å². The topological polar surface area (TPSA) is 80.3 Å². The predicted octanol–water partition coefficient (Wildman–Crippen LogP) is 0.677. The zero-order chi connectivity index (χ0) is 14.8. The number of carbonyl (C=O) groups excluding carboxylic acids is 2. The number of rotatable bonds is 2. The summed E-state index contributed by atoms with van der Waals surface area (Å²) < 4.78 is 0. The van der Waals surface area contributed by atoms with E-state index in [1.807, 2.05) is 0 Å². The van der Waals surface area contributed by atoms with Crippen LogP contribution in [0.15, 0.2) is 24.3 Å². The quantitative estimate of drug-likeness (QED) is 0.667. The summed E-state index contributed by atoms with van der Waals surface area (Å²) in [6.45, 7) is 17.7. The summed E-state index contributed by atoms with van der Waals surface area (Å²) in [4.78, 5) is 19.0. The molecule has 0 aromatic carbocycles. The molecule has 0 heterocycles. The molecule has 4 heteroatoms. The van der Waals surface area contributed by atoms with Gasteiger partial charge in [0.25, 0.3) is 0 Å². The van der Waals surface area contributed by atoms with Crippen LogP contribution in [0.4, 0.5) is 0 Å². The maximum atomic E-state index is 9.49. The highest BCUT2D eigenvalue weighted by molar-refractivity contribution is 5.83. The van der Waals surface area contributed by atoms with Crippen LogP contribution in [0, 0.1) is 5.41 Å². The highest BCUT2D eigenvalue weighted by Gasteiger charge is 1.95. The van der Waals surface area contributed by atoms with Crippen molar-refractivity contribution in [2.24, 2.45) is 5.41 Å². The van der Waals surface area contributed by atoms with Gasteiger partial charge >= 0.3 is 0 Å². The highest BCUT2D eigenvalue weighted by Crippen LogP contribution is 2.08. The van der Waals surface area contributed by atoms with E-state index in [4.69, 9.17) is 0 Å². The molecule has 0 aromatic rings. The molecule has 0 atom stereocenters. The minimum absolute atomic E-state index is 0.0648. The monoisotopic (exact) mass is 242 g/mol. The van der Waals surface area contributed by atoms with Crippen LogP contribution in [0.3, 0.4) is 0 Å². The molecule has 0 aliphatic heterocycles. The second-order valence-electron chi connectivity index (χ2n) is 5.14. The van der Waals surface area contributed by atoms with Crippen LogP contribution in [0.5, 0.6) is 0 Å². The summed E-state index contributed by atoms with van der Waals surface area (Å²) in [6, 6.07) is 0. The van der Waals surface area contributed by atoms with Crippen molar-refractivity contribution in [1.82, 2.24) is 0 Å². The predicted molar refractivity (Wildman–Crippen MR) is 64.8 cm³/mol. The molecule has 0 unspecified atom stereocenters. The van der Waals surface area contributed by atoms with Crippen molar-refractivity contribution in [3.05, 3.63) is 24.3 Å². The van der Waals surface area contributed by atoms with Crippen molar-refractivity contribution >= 4 is 11.9 Å². The summed E-state index contributed by atoms with van der Waals surface area (Å²) >= 11 is 0. The second kappa shape index (κ2) is 9.63. The van der Waals surface area contributed by atoms with Crippen molar-refractivity contribution in [3.63, 3.8) is 0 Å². The molecule has 0 rings (SSSR count). The third-order valence-electron chi connectivity index (χ3n) is 0.697. The molecule has 17 heavy (non-hydrogen) atoms. The molecule has 4 nitrogen and oxygen atoms in total. The van der Waals surface area contributed by atoms with Crippen molar-refractivity contribution in [3.8, 4) is 0 Å². The summed E-state index contributed by atoms with van der Waals surface area (Å²) in [5.41, 5.74) is 0.630. The van der Waals surface area contributed by atoms with Gasteiger partial charge in [-0.1, -0.05) is 40.9 Å². The van der Waals surface area contributed by atoms with Crippen molar-refractivity contribution in [2.75, 3.05) is 0 Å². The molecule has 0 saturated heterocycles. The second-order valence-corrected chi connectivity index (χ2v) is 5.14. The standard InChI is InChI=1S/C5H12.2C4H6O2/c1-5(2,3)4;2*1-3(2)4(5)6/h1-4H3;2*1H2,2H3,(H,5,6)/p-2. The molecular formula is C13H22O4-2. The lowest BCUT2D eigenvalue weighted by Crippen LogP contribution is -2.22. The van der Waals surface area contributed by atoms with Gasteiger partial charge in [-0.2, -0.15) is 0 Å². The molecule has 0 N–H and O–H groups in total. The Kier molecular flexibility index (Phi) is 11.8. The van der Waals surface area contributed by atoms with Gasteiger partial charge in [0, 0.05) is 0 Å². The van der Waals surface area contributed by atoms with Crippen LogP contribution in [0.1, 0.15) is 41.5 Å². The van der Waals surface area contributed by atoms with E-state index in [9.17, 15) is 19.8 Å². The zero-order valence-corrected chi connectivity index (χ0v) is 11.5. The number of hydrogen-bond acceptors (Lipinski definition) is 4. The lowest BCUT2D eigenvalue weighted by Gasteiger charge is -2.05. The molecule has 0 fully saturated rings. The first-order valence-corrected chi connectivity index (χ1v) is 5.02. The average Bonchev–Trinajstić information content (AvgIpc) is 2.01. The van der Waals surface area contributed by atoms with Gasteiger partial charge in [0.1, 0.15) is 0 Å². The lowest BCUT2D eigenvalue weighted by atomic mass is 10.0. The minimum atomic E-state index is -1.19. The van der Waals surface area contributed by atoms with Gasteiger partial charge in [0.05, 0.1) is 11.9 Å². The third kappa shape index (κ3) is 54.0. The molecule has 0 aliphatic carbocycles. The maximum Gasteiger partial charge on any atom is 0.0666 e. The Morgan fingerprint density at radius 1 is 0.824 bits per heavy atom. The van der Waals surface area contributed by atoms with Crippen LogP contribution >= 0.6 is 0 Å². The Morgan fingerprint density at radius 3 is 0.882 bits per heavy atom. The summed E-state index contributed by atoms with van der Waals surface area (Å²) in [5, 5.41) is 19.0. The van der Waals surface area contributed by atoms with Crippen molar-refractivity contribution in [1.29, 1.82) is 0 Å². The molecule has 0 amide bonds. The number of carboxylic acids is 2. The SMILES string of the molecule is C=C(C)C(=O)[O-].C=C(C)C(=O)[O-].CC(C)(C)C. The van der Waals surface area contributed by atoms with Gasteiger partial charge < -0.3 is 19.8 Å². The zero-order valence-electron chi connectivity index (χ0n) is 11.5. The first kappa shape index (κ1) is 20.8. The minimum Gasteiger partial charge on any atom is -0.545 e. The van der Waals surface area contributed by atoms with E-state index in [1.165, 1.54) is 13.8 Å². The fourth-order valence-corrected chi connectivity index (χ4v) is 0. The fraction of sp³-hybridized carbons (Fsp3) is 0.538. The fourth-order valence-electron chi connectivity index (χ4n) is 0. The maximum absolute atomic E-state index is 9.49. The average molecular weight is 242 g/mol. The number of aliphatic carboxylic acids is 2. The van der Waals surface area contributed by atoms with Gasteiger partial charge in [-0.15, -0.1) is 0 Å². The van der Waals surface area contributed by atoms with Crippen LogP contribution in [-0.4, -0.2) is 11.9 Å². The molecule has 0 bridgehead atoms. The molecular weight excluding hydrogens is 220 g/mol. The van der Waals surface area contributed by atoms with Crippen LogP contribution < -0.4 is 10.2 Å². The van der Waals surface area contributed by atoms with E-state index < -0.39 is 11.9 Å². The van der Waals surface area contributed by atoms with Crippen molar-refractivity contribution in [2.45, 2.75) is 41.5 Å². The van der Waals surface area contributed by atoms with Gasteiger partial charge in [-0.25, -0.2) is 0 Å². The largest absolute Gasteiger partial charge is 0.545 e.